The second-order valence-corrected chi connectivity index (χ2v) is 10.0. The summed E-state index contributed by atoms with van der Waals surface area (Å²) in [5.74, 6) is 0.443. The first kappa shape index (κ1) is 21.7. The number of carbonyl (C=O) groups excluding carboxylic acids is 2. The predicted octanol–water partition coefficient (Wildman–Crippen LogP) is 1.53. The number of amides is 1. The zero-order valence-electron chi connectivity index (χ0n) is 18.8. The fourth-order valence-corrected chi connectivity index (χ4v) is 6.00. The standard InChI is InChI=1S/C23H25ClN6O4/c1-13-18(12-34-21(13)32)29-7-4-23(22(29)33)2-5-28(6-3-23)11-19(31)16-9-15-14(8-17(16)24)10-30-20(15)25-26-27-30/h8-9,19,31H,2-7,10-12H2,1H3/t19-/m1/s1. The minimum atomic E-state index is -0.762. The zero-order chi connectivity index (χ0) is 23.6. The molecule has 0 radical (unpaired) electrons. The molecule has 6 rings (SSSR count). The number of hydrogen-bond acceptors (Lipinski definition) is 8. The first-order chi connectivity index (χ1) is 16.4. The van der Waals surface area contributed by atoms with Gasteiger partial charge in [0.25, 0.3) is 0 Å². The highest BCUT2D eigenvalue weighted by Gasteiger charge is 2.50. The summed E-state index contributed by atoms with van der Waals surface area (Å²) in [7, 11) is 0. The Morgan fingerprint density at radius 3 is 2.71 bits per heavy atom. The van der Waals surface area contributed by atoms with Crippen molar-refractivity contribution >= 4 is 23.5 Å². The molecule has 0 bridgehead atoms. The van der Waals surface area contributed by atoms with Gasteiger partial charge in [-0.25, -0.2) is 9.48 Å². The van der Waals surface area contributed by atoms with Crippen molar-refractivity contribution in [3.63, 3.8) is 0 Å². The number of aliphatic hydroxyl groups is 1. The molecule has 0 aliphatic carbocycles. The van der Waals surface area contributed by atoms with Crippen molar-refractivity contribution in [3.05, 3.63) is 39.6 Å². The Balaban J connectivity index is 1.12. The molecule has 0 saturated carbocycles. The lowest BCUT2D eigenvalue weighted by Gasteiger charge is -2.38. The van der Waals surface area contributed by atoms with Crippen molar-refractivity contribution in [2.45, 2.75) is 38.8 Å². The van der Waals surface area contributed by atoms with Crippen molar-refractivity contribution in [2.24, 2.45) is 5.41 Å². The van der Waals surface area contributed by atoms with E-state index in [1.54, 1.807) is 16.5 Å². The van der Waals surface area contributed by atoms with E-state index in [1.165, 1.54) is 0 Å². The van der Waals surface area contributed by atoms with E-state index in [0.717, 1.165) is 30.4 Å². The lowest BCUT2D eigenvalue weighted by atomic mass is 9.77. The molecule has 5 heterocycles. The number of ether oxygens (including phenoxy) is 1. The van der Waals surface area contributed by atoms with Crippen molar-refractivity contribution in [1.82, 2.24) is 30.0 Å². The summed E-state index contributed by atoms with van der Waals surface area (Å²) in [6, 6.07) is 3.76. The Kier molecular flexibility index (Phi) is 5.02. The van der Waals surface area contributed by atoms with E-state index in [1.807, 2.05) is 12.1 Å². The molecule has 2 saturated heterocycles. The van der Waals surface area contributed by atoms with Crippen molar-refractivity contribution < 1.29 is 19.4 Å². The van der Waals surface area contributed by atoms with Crippen LogP contribution in [-0.4, -0.2) is 79.8 Å². The van der Waals surface area contributed by atoms with Crippen molar-refractivity contribution in [1.29, 1.82) is 0 Å². The lowest BCUT2D eigenvalue weighted by molar-refractivity contribution is -0.138. The number of halogens is 1. The van der Waals surface area contributed by atoms with E-state index in [2.05, 4.69) is 20.4 Å². The highest BCUT2D eigenvalue weighted by atomic mass is 35.5. The van der Waals surface area contributed by atoms with E-state index >= 15 is 0 Å². The number of aliphatic hydroxyl groups excluding tert-OH is 1. The van der Waals surface area contributed by atoms with Gasteiger partial charge >= 0.3 is 5.97 Å². The number of tetrazole rings is 1. The smallest absolute Gasteiger partial charge is 0.336 e. The molecule has 1 N–H and O–H groups in total. The summed E-state index contributed by atoms with van der Waals surface area (Å²) in [6.07, 6.45) is 1.46. The van der Waals surface area contributed by atoms with Crippen molar-refractivity contribution in [2.75, 3.05) is 32.8 Å². The van der Waals surface area contributed by atoms with Crippen LogP contribution in [0, 0.1) is 5.41 Å². The first-order valence-electron chi connectivity index (χ1n) is 11.5. The van der Waals surface area contributed by atoms with Crippen LogP contribution in [0.3, 0.4) is 0 Å². The van der Waals surface area contributed by atoms with Crippen molar-refractivity contribution in [3.8, 4) is 11.4 Å². The van der Waals surface area contributed by atoms with Crippen LogP contribution in [0.25, 0.3) is 11.4 Å². The van der Waals surface area contributed by atoms with Gasteiger partial charge in [0.2, 0.25) is 5.91 Å². The number of nitrogens with zero attached hydrogens (tertiary/aromatic N) is 6. The van der Waals surface area contributed by atoms with Crippen LogP contribution < -0.4 is 0 Å². The number of β-amino-alcohol motifs (C(OH)–C–C–N with tert-alkyl or cyclic N) is 1. The lowest BCUT2D eigenvalue weighted by Crippen LogP contribution is -2.45. The predicted molar refractivity (Wildman–Crippen MR) is 120 cm³/mol. The first-order valence-corrected chi connectivity index (χ1v) is 11.9. The number of benzene rings is 1. The van der Waals surface area contributed by atoms with Crippen LogP contribution in [0.1, 0.15) is 43.4 Å². The van der Waals surface area contributed by atoms with E-state index in [0.29, 0.717) is 60.4 Å². The van der Waals surface area contributed by atoms with Gasteiger partial charge in [-0.1, -0.05) is 11.6 Å². The number of carbonyl (C=O) groups is 2. The van der Waals surface area contributed by atoms with Gasteiger partial charge in [-0.3, -0.25) is 4.79 Å². The van der Waals surface area contributed by atoms with E-state index in [-0.39, 0.29) is 18.5 Å². The summed E-state index contributed by atoms with van der Waals surface area (Å²) in [5.41, 5.74) is 3.42. The average molecular weight is 485 g/mol. The van der Waals surface area contributed by atoms with Crippen LogP contribution >= 0.6 is 11.6 Å². The molecule has 1 spiro atoms. The number of piperidine rings is 1. The van der Waals surface area contributed by atoms with Crippen LogP contribution in [-0.2, 0) is 20.9 Å². The molecule has 1 aromatic heterocycles. The molecular weight excluding hydrogens is 460 g/mol. The summed E-state index contributed by atoms with van der Waals surface area (Å²) in [6.45, 7) is 4.95. The number of hydrogen-bond donors (Lipinski definition) is 1. The second kappa shape index (κ2) is 7.86. The number of likely N-dealkylation sites (tertiary alicyclic amines) is 2. The summed E-state index contributed by atoms with van der Waals surface area (Å²) >= 11 is 6.52. The maximum Gasteiger partial charge on any atom is 0.336 e. The Labute approximate surface area is 201 Å². The number of aromatic nitrogens is 4. The fraction of sp³-hybridized carbons (Fsp3) is 0.522. The molecule has 1 aromatic carbocycles. The summed E-state index contributed by atoms with van der Waals surface area (Å²) in [5, 5.41) is 23.3. The molecule has 2 fully saturated rings. The molecular formula is C23H25ClN6O4. The van der Waals surface area contributed by atoms with Crippen LogP contribution in [0.15, 0.2) is 23.4 Å². The number of rotatable bonds is 4. The van der Waals surface area contributed by atoms with Crippen LogP contribution in [0.4, 0.5) is 0 Å². The highest BCUT2D eigenvalue weighted by molar-refractivity contribution is 6.31. The minimum Gasteiger partial charge on any atom is -0.456 e. The number of fused-ring (bicyclic) bond motifs is 3. The SMILES string of the molecule is CC1=C(N2CCC3(CCN(C[C@@H](O)c4cc5c(cc4Cl)Cn4nnnc4-5)CC3)C2=O)COC1=O. The zero-order valence-corrected chi connectivity index (χ0v) is 19.6. The van der Waals surface area contributed by atoms with E-state index in [4.69, 9.17) is 16.3 Å². The third-order valence-corrected chi connectivity index (χ3v) is 8.16. The van der Waals surface area contributed by atoms with Gasteiger partial charge in [0, 0.05) is 29.2 Å². The molecule has 4 aliphatic heterocycles. The van der Waals surface area contributed by atoms with E-state index < -0.39 is 11.5 Å². The summed E-state index contributed by atoms with van der Waals surface area (Å²) in [4.78, 5) is 29.0. The molecule has 1 atom stereocenters. The monoisotopic (exact) mass is 484 g/mol. The molecule has 34 heavy (non-hydrogen) atoms. The minimum absolute atomic E-state index is 0.0970. The largest absolute Gasteiger partial charge is 0.456 e. The topological polar surface area (TPSA) is 114 Å². The third-order valence-electron chi connectivity index (χ3n) is 7.84. The molecule has 11 heteroatoms. The molecule has 4 aliphatic rings. The quantitative estimate of drug-likeness (QED) is 0.555. The average Bonchev–Trinajstić information content (AvgIpc) is 3.56. The van der Waals surface area contributed by atoms with Gasteiger partial charge < -0.3 is 19.6 Å². The Hall–Kier alpha value is -2.82. The maximum absolute atomic E-state index is 13.3. The normalized spacial score (nSPS) is 22.5. The van der Waals surface area contributed by atoms with Gasteiger partial charge in [-0.15, -0.1) is 5.10 Å². The summed E-state index contributed by atoms with van der Waals surface area (Å²) < 4.78 is 6.82. The fourth-order valence-electron chi connectivity index (χ4n) is 5.69. The number of esters is 1. The maximum atomic E-state index is 13.3. The van der Waals surface area contributed by atoms with Gasteiger partial charge in [-0.2, -0.15) is 0 Å². The van der Waals surface area contributed by atoms with Gasteiger partial charge in [0.15, 0.2) is 5.82 Å². The van der Waals surface area contributed by atoms with E-state index in [9.17, 15) is 14.7 Å². The van der Waals surface area contributed by atoms with Gasteiger partial charge in [-0.05, 0) is 67.4 Å². The Bertz CT molecular complexity index is 1230. The molecule has 178 valence electrons. The Morgan fingerprint density at radius 1 is 1.21 bits per heavy atom. The van der Waals surface area contributed by atoms with Gasteiger partial charge in [0.05, 0.1) is 29.3 Å². The highest BCUT2D eigenvalue weighted by Crippen LogP contribution is 2.44. The molecule has 10 nitrogen and oxygen atoms in total. The van der Waals surface area contributed by atoms with Crippen LogP contribution in [0.2, 0.25) is 5.02 Å². The molecule has 1 amide bonds. The second-order valence-electron chi connectivity index (χ2n) is 9.64. The third kappa shape index (κ3) is 3.27. The number of cyclic esters (lactones) is 1. The molecule has 0 unspecified atom stereocenters. The Morgan fingerprint density at radius 2 is 1.97 bits per heavy atom. The van der Waals surface area contributed by atoms with Crippen LogP contribution in [0.5, 0.6) is 0 Å². The van der Waals surface area contributed by atoms with Gasteiger partial charge in [0.1, 0.15) is 6.61 Å². The molecule has 2 aromatic rings.